The van der Waals surface area contributed by atoms with Crippen molar-refractivity contribution < 1.29 is 14.3 Å². The second kappa shape index (κ2) is 9.78. The highest BCUT2D eigenvalue weighted by Gasteiger charge is 2.19. The summed E-state index contributed by atoms with van der Waals surface area (Å²) in [6, 6.07) is 7.64. The maximum Gasteiger partial charge on any atom is 0.410 e. The summed E-state index contributed by atoms with van der Waals surface area (Å²) in [5.41, 5.74) is 1.03. The van der Waals surface area contributed by atoms with Gasteiger partial charge in [-0.2, -0.15) is 0 Å². The van der Waals surface area contributed by atoms with Gasteiger partial charge in [0.2, 0.25) is 5.91 Å². The summed E-state index contributed by atoms with van der Waals surface area (Å²) in [7, 11) is 1.68. The number of carbonyl (C=O) groups is 2. The highest BCUT2D eigenvalue weighted by Crippen LogP contribution is 2.20. The Morgan fingerprint density at radius 1 is 1.31 bits per heavy atom. The molecule has 2 amide bonds. The van der Waals surface area contributed by atoms with Gasteiger partial charge < -0.3 is 19.5 Å². The highest BCUT2D eigenvalue weighted by atomic mass is 32.2. The number of benzene rings is 1. The van der Waals surface area contributed by atoms with Crippen LogP contribution in [0.5, 0.6) is 0 Å². The third kappa shape index (κ3) is 7.41. The Morgan fingerprint density at radius 3 is 2.69 bits per heavy atom. The van der Waals surface area contributed by atoms with Gasteiger partial charge in [-0.05, 0) is 52.3 Å². The van der Waals surface area contributed by atoms with E-state index in [1.807, 2.05) is 63.5 Å². The van der Waals surface area contributed by atoms with Crippen LogP contribution in [-0.4, -0.2) is 50.1 Å². The van der Waals surface area contributed by atoms with Crippen molar-refractivity contribution in [3.8, 4) is 0 Å². The van der Waals surface area contributed by atoms with Crippen LogP contribution in [0.25, 0.3) is 0 Å². The Bertz CT molecular complexity index is 845. The van der Waals surface area contributed by atoms with Crippen LogP contribution in [0.4, 0.5) is 10.5 Å². The van der Waals surface area contributed by atoms with Crippen LogP contribution in [0, 0.1) is 0 Å². The lowest BCUT2D eigenvalue weighted by molar-refractivity contribution is -0.113. The summed E-state index contributed by atoms with van der Waals surface area (Å²) in [5.74, 6) is 0.0962. The minimum Gasteiger partial charge on any atom is -0.444 e. The van der Waals surface area contributed by atoms with Gasteiger partial charge in [0.1, 0.15) is 11.9 Å². The Balaban J connectivity index is 1.91. The SMILES string of the molecule is CC(C)n1cnnc1SCC(=O)Nc1cccc(CN(C)C(=O)OC(C)(C)C)c1. The number of carbonyl (C=O) groups excluding carboxylic acids is 2. The predicted molar refractivity (Wildman–Crippen MR) is 114 cm³/mol. The van der Waals surface area contributed by atoms with E-state index in [0.29, 0.717) is 17.4 Å². The lowest BCUT2D eigenvalue weighted by atomic mass is 10.2. The quantitative estimate of drug-likeness (QED) is 0.684. The summed E-state index contributed by atoms with van der Waals surface area (Å²) < 4.78 is 7.28. The number of aromatic nitrogens is 3. The molecular weight excluding hydrogens is 390 g/mol. The standard InChI is InChI=1S/C20H29N5O3S/c1-14(2)25-13-21-23-18(25)29-12-17(26)22-16-9-7-8-15(10-16)11-24(6)19(27)28-20(3,4)5/h7-10,13-14H,11-12H2,1-6H3,(H,22,26). The van der Waals surface area contributed by atoms with Crippen molar-refractivity contribution in [2.45, 2.75) is 58.0 Å². The zero-order chi connectivity index (χ0) is 21.6. The zero-order valence-electron chi connectivity index (χ0n) is 17.8. The van der Waals surface area contributed by atoms with E-state index < -0.39 is 11.7 Å². The molecule has 2 rings (SSSR count). The van der Waals surface area contributed by atoms with Crippen molar-refractivity contribution in [3.63, 3.8) is 0 Å². The third-order valence-electron chi connectivity index (χ3n) is 3.76. The molecule has 1 aromatic carbocycles. The minimum atomic E-state index is -0.543. The molecule has 1 heterocycles. The van der Waals surface area contributed by atoms with Crippen LogP contribution in [-0.2, 0) is 16.1 Å². The van der Waals surface area contributed by atoms with Crippen LogP contribution in [0.15, 0.2) is 35.7 Å². The first-order valence-electron chi connectivity index (χ1n) is 9.40. The Hall–Kier alpha value is -2.55. The Labute approximate surface area is 176 Å². The third-order valence-corrected chi connectivity index (χ3v) is 4.72. The maximum absolute atomic E-state index is 12.3. The van der Waals surface area contributed by atoms with Crippen molar-refractivity contribution in [2.24, 2.45) is 0 Å². The van der Waals surface area contributed by atoms with Gasteiger partial charge in [0.15, 0.2) is 5.16 Å². The van der Waals surface area contributed by atoms with Gasteiger partial charge in [-0.1, -0.05) is 23.9 Å². The Morgan fingerprint density at radius 2 is 2.03 bits per heavy atom. The molecule has 1 aromatic heterocycles. The summed E-state index contributed by atoms with van der Waals surface area (Å²) in [6.45, 7) is 9.94. The number of nitrogens with one attached hydrogen (secondary N) is 1. The molecule has 0 saturated heterocycles. The highest BCUT2D eigenvalue weighted by molar-refractivity contribution is 7.99. The summed E-state index contributed by atoms with van der Waals surface area (Å²) in [6.07, 6.45) is 1.27. The van der Waals surface area contributed by atoms with Crippen LogP contribution in [0.3, 0.4) is 0 Å². The fourth-order valence-electron chi connectivity index (χ4n) is 2.44. The van der Waals surface area contributed by atoms with Crippen LogP contribution < -0.4 is 5.32 Å². The smallest absolute Gasteiger partial charge is 0.410 e. The number of thioether (sulfide) groups is 1. The molecule has 0 aliphatic rings. The minimum absolute atomic E-state index is 0.133. The number of hydrogen-bond acceptors (Lipinski definition) is 6. The molecule has 0 saturated carbocycles. The van der Waals surface area contributed by atoms with Crippen molar-refractivity contribution in [1.82, 2.24) is 19.7 Å². The Kier molecular flexibility index (Phi) is 7.66. The zero-order valence-corrected chi connectivity index (χ0v) is 18.6. The molecule has 9 heteroatoms. The second-order valence-corrected chi connectivity index (χ2v) is 8.93. The molecule has 0 atom stereocenters. The first-order valence-corrected chi connectivity index (χ1v) is 10.4. The van der Waals surface area contributed by atoms with Gasteiger partial charge in [-0.3, -0.25) is 4.79 Å². The van der Waals surface area contributed by atoms with E-state index in [9.17, 15) is 9.59 Å². The number of ether oxygens (including phenoxy) is 1. The van der Waals surface area contributed by atoms with Gasteiger partial charge in [0.25, 0.3) is 0 Å². The van der Waals surface area contributed by atoms with Crippen LogP contribution >= 0.6 is 11.8 Å². The first kappa shape index (κ1) is 22.7. The van der Waals surface area contributed by atoms with Crippen LogP contribution in [0.1, 0.15) is 46.2 Å². The van der Waals surface area contributed by atoms with Gasteiger partial charge in [0, 0.05) is 25.3 Å². The molecule has 0 aliphatic heterocycles. The number of anilines is 1. The van der Waals surface area contributed by atoms with E-state index in [0.717, 1.165) is 5.56 Å². The fourth-order valence-corrected chi connectivity index (χ4v) is 3.29. The van der Waals surface area contributed by atoms with E-state index in [1.165, 1.54) is 16.7 Å². The number of rotatable bonds is 7. The second-order valence-electron chi connectivity index (χ2n) is 7.99. The van der Waals surface area contributed by atoms with Gasteiger partial charge in [0.05, 0.1) is 5.75 Å². The molecular formula is C20H29N5O3S. The van der Waals surface area contributed by atoms with E-state index in [-0.39, 0.29) is 17.7 Å². The van der Waals surface area contributed by atoms with Gasteiger partial charge >= 0.3 is 6.09 Å². The summed E-state index contributed by atoms with van der Waals surface area (Å²) >= 11 is 1.34. The lowest BCUT2D eigenvalue weighted by Gasteiger charge is -2.24. The van der Waals surface area contributed by atoms with Crippen molar-refractivity contribution >= 4 is 29.4 Å². The molecule has 0 radical (unpaired) electrons. The first-order chi connectivity index (χ1) is 13.5. The molecule has 29 heavy (non-hydrogen) atoms. The maximum atomic E-state index is 12.3. The van der Waals surface area contributed by atoms with E-state index >= 15 is 0 Å². The number of amides is 2. The normalized spacial score (nSPS) is 11.4. The average Bonchev–Trinajstić information content (AvgIpc) is 3.07. The molecule has 0 fully saturated rings. The largest absolute Gasteiger partial charge is 0.444 e. The molecule has 1 N–H and O–H groups in total. The number of hydrogen-bond donors (Lipinski definition) is 1. The molecule has 8 nitrogen and oxygen atoms in total. The van der Waals surface area contributed by atoms with Crippen LogP contribution in [0.2, 0.25) is 0 Å². The summed E-state index contributed by atoms with van der Waals surface area (Å²) in [4.78, 5) is 25.9. The molecule has 0 unspecified atom stereocenters. The van der Waals surface area contributed by atoms with E-state index in [2.05, 4.69) is 15.5 Å². The van der Waals surface area contributed by atoms with Crippen molar-refractivity contribution in [2.75, 3.05) is 18.1 Å². The molecule has 0 bridgehead atoms. The van der Waals surface area contributed by atoms with E-state index in [1.54, 1.807) is 13.4 Å². The van der Waals surface area contributed by atoms with Crippen molar-refractivity contribution in [1.29, 1.82) is 0 Å². The molecule has 0 aliphatic carbocycles. The summed E-state index contributed by atoms with van der Waals surface area (Å²) in [5, 5.41) is 11.5. The molecule has 0 spiro atoms. The fraction of sp³-hybridized carbons (Fsp3) is 0.500. The van der Waals surface area contributed by atoms with Crippen molar-refractivity contribution in [3.05, 3.63) is 36.2 Å². The van der Waals surface area contributed by atoms with Gasteiger partial charge in [-0.25, -0.2) is 4.79 Å². The topological polar surface area (TPSA) is 89.4 Å². The average molecular weight is 420 g/mol. The lowest BCUT2D eigenvalue weighted by Crippen LogP contribution is -2.33. The monoisotopic (exact) mass is 419 g/mol. The predicted octanol–water partition coefficient (Wildman–Crippen LogP) is 3.96. The molecule has 158 valence electrons. The number of nitrogens with zero attached hydrogens (tertiary/aromatic N) is 4. The molecule has 2 aromatic rings. The van der Waals surface area contributed by atoms with E-state index in [4.69, 9.17) is 4.74 Å². The van der Waals surface area contributed by atoms with Gasteiger partial charge in [-0.15, -0.1) is 10.2 Å².